The maximum absolute atomic E-state index is 13.3. The molecule has 1 N–H and O–H groups in total. The fourth-order valence-electron chi connectivity index (χ4n) is 1.57. The largest absolute Gasteiger partial charge is 0.356 e. The van der Waals surface area contributed by atoms with Gasteiger partial charge in [0.15, 0.2) is 11.6 Å². The summed E-state index contributed by atoms with van der Waals surface area (Å²) in [5.41, 5.74) is 0. The van der Waals surface area contributed by atoms with Crippen LogP contribution in [0.4, 0.5) is 10.2 Å². The van der Waals surface area contributed by atoms with E-state index < -0.39 is 11.9 Å². The molecule has 0 saturated heterocycles. The van der Waals surface area contributed by atoms with E-state index in [1.807, 2.05) is 13.8 Å². The second-order valence-corrected chi connectivity index (χ2v) is 3.71. The summed E-state index contributed by atoms with van der Waals surface area (Å²) in [4.78, 5) is 17.5. The number of aromatic nitrogens is 1. The third kappa shape index (κ3) is 3.41. The average molecular weight is 239 g/mol. The van der Waals surface area contributed by atoms with Crippen molar-refractivity contribution in [1.29, 1.82) is 0 Å². The molecule has 5 heteroatoms. The summed E-state index contributed by atoms with van der Waals surface area (Å²) in [6.07, 6.45) is 1.49. The molecule has 1 atom stereocenters. The van der Waals surface area contributed by atoms with Gasteiger partial charge in [-0.1, -0.05) is 0 Å². The molecule has 0 spiro atoms. The first kappa shape index (κ1) is 13.4. The van der Waals surface area contributed by atoms with Gasteiger partial charge in [-0.15, -0.1) is 0 Å². The number of halogens is 1. The van der Waals surface area contributed by atoms with Gasteiger partial charge in [0.05, 0.1) is 0 Å². The molecular formula is C12H18FN3O. The van der Waals surface area contributed by atoms with Gasteiger partial charge in [-0.3, -0.25) is 4.79 Å². The Balaban J connectivity index is 2.69. The fraction of sp³-hybridized carbons (Fsp3) is 0.500. The van der Waals surface area contributed by atoms with Gasteiger partial charge in [0.1, 0.15) is 6.04 Å². The summed E-state index contributed by atoms with van der Waals surface area (Å²) in [5.74, 6) is -0.396. The number of carbonyl (C=O) groups is 1. The van der Waals surface area contributed by atoms with Crippen LogP contribution < -0.4 is 5.32 Å². The smallest absolute Gasteiger partial charge is 0.244 e. The fourth-order valence-corrected chi connectivity index (χ4v) is 1.57. The summed E-state index contributed by atoms with van der Waals surface area (Å²) >= 11 is 0. The third-order valence-electron chi connectivity index (χ3n) is 2.56. The molecule has 1 amide bonds. The quantitative estimate of drug-likeness (QED) is 0.853. The maximum atomic E-state index is 13.3. The molecule has 1 aromatic rings. The molecule has 17 heavy (non-hydrogen) atoms. The van der Waals surface area contributed by atoms with Gasteiger partial charge in [0.25, 0.3) is 0 Å². The van der Waals surface area contributed by atoms with E-state index in [2.05, 4.69) is 10.3 Å². The molecule has 1 aromatic heterocycles. The predicted octanol–water partition coefficient (Wildman–Crippen LogP) is 1.89. The second-order valence-electron chi connectivity index (χ2n) is 3.71. The zero-order valence-corrected chi connectivity index (χ0v) is 10.4. The Hall–Kier alpha value is -1.65. The Morgan fingerprint density at radius 1 is 1.53 bits per heavy atom. The highest BCUT2D eigenvalue weighted by atomic mass is 19.1. The number of hydrogen-bond acceptors (Lipinski definition) is 3. The predicted molar refractivity (Wildman–Crippen MR) is 65.2 cm³/mol. The highest BCUT2D eigenvalue weighted by Crippen LogP contribution is 2.10. The zero-order chi connectivity index (χ0) is 12.8. The van der Waals surface area contributed by atoms with E-state index in [9.17, 15) is 9.18 Å². The molecule has 0 radical (unpaired) electrons. The number of nitrogens with zero attached hydrogens (tertiary/aromatic N) is 2. The van der Waals surface area contributed by atoms with Crippen molar-refractivity contribution in [2.45, 2.75) is 26.8 Å². The van der Waals surface area contributed by atoms with E-state index in [-0.39, 0.29) is 11.7 Å². The first-order valence-electron chi connectivity index (χ1n) is 5.76. The summed E-state index contributed by atoms with van der Waals surface area (Å²) in [6.45, 7) is 6.82. The van der Waals surface area contributed by atoms with Crippen molar-refractivity contribution in [1.82, 2.24) is 9.88 Å². The van der Waals surface area contributed by atoms with E-state index in [0.717, 1.165) is 0 Å². The Bertz CT molecular complexity index is 380. The monoisotopic (exact) mass is 239 g/mol. The minimum atomic E-state index is -0.487. The lowest BCUT2D eigenvalue weighted by molar-refractivity contribution is -0.131. The number of rotatable bonds is 5. The van der Waals surface area contributed by atoms with E-state index in [4.69, 9.17) is 0 Å². The van der Waals surface area contributed by atoms with Crippen molar-refractivity contribution in [2.75, 3.05) is 18.4 Å². The molecule has 0 bridgehead atoms. The van der Waals surface area contributed by atoms with Gasteiger partial charge in [-0.05, 0) is 32.9 Å². The zero-order valence-electron chi connectivity index (χ0n) is 10.4. The molecule has 0 aliphatic carbocycles. The van der Waals surface area contributed by atoms with Gasteiger partial charge in [0, 0.05) is 19.3 Å². The Morgan fingerprint density at radius 2 is 2.18 bits per heavy atom. The van der Waals surface area contributed by atoms with Crippen LogP contribution >= 0.6 is 0 Å². The molecule has 0 saturated carbocycles. The highest BCUT2D eigenvalue weighted by molar-refractivity contribution is 5.84. The van der Waals surface area contributed by atoms with Gasteiger partial charge >= 0.3 is 0 Å². The van der Waals surface area contributed by atoms with Gasteiger partial charge < -0.3 is 10.2 Å². The second kappa shape index (κ2) is 6.18. The molecule has 0 fully saturated rings. The van der Waals surface area contributed by atoms with Crippen LogP contribution in [0.5, 0.6) is 0 Å². The topological polar surface area (TPSA) is 45.2 Å². The van der Waals surface area contributed by atoms with Crippen LogP contribution in [0.1, 0.15) is 20.8 Å². The summed E-state index contributed by atoms with van der Waals surface area (Å²) in [7, 11) is 0. The molecule has 94 valence electrons. The van der Waals surface area contributed by atoms with Crippen molar-refractivity contribution < 1.29 is 9.18 Å². The number of anilines is 1. The highest BCUT2D eigenvalue weighted by Gasteiger charge is 2.19. The summed E-state index contributed by atoms with van der Waals surface area (Å²) in [6, 6.07) is 2.33. The molecule has 1 heterocycles. The number of carbonyl (C=O) groups excluding carboxylic acids is 1. The minimum Gasteiger partial charge on any atom is -0.356 e. The Morgan fingerprint density at radius 3 is 2.71 bits per heavy atom. The standard InChI is InChI=1S/C12H18FN3O/c1-4-16(5-2)12(17)9(3)15-11-10(13)7-6-8-14-11/h6-9H,4-5H2,1-3H3,(H,14,15). The van der Waals surface area contributed by atoms with Crippen LogP contribution in [0.3, 0.4) is 0 Å². The summed E-state index contributed by atoms with van der Waals surface area (Å²) in [5, 5.41) is 2.78. The van der Waals surface area contributed by atoms with Crippen LogP contribution in [0.25, 0.3) is 0 Å². The van der Waals surface area contributed by atoms with Crippen LogP contribution in [0, 0.1) is 5.82 Å². The Kier molecular flexibility index (Phi) is 4.87. The van der Waals surface area contributed by atoms with Gasteiger partial charge in [-0.2, -0.15) is 0 Å². The van der Waals surface area contributed by atoms with Crippen LogP contribution in [0.15, 0.2) is 18.3 Å². The van der Waals surface area contributed by atoms with Gasteiger partial charge in [-0.25, -0.2) is 9.37 Å². The summed E-state index contributed by atoms with van der Waals surface area (Å²) < 4.78 is 13.3. The van der Waals surface area contributed by atoms with Crippen LogP contribution in [-0.2, 0) is 4.79 Å². The lowest BCUT2D eigenvalue weighted by Gasteiger charge is -2.23. The SMILES string of the molecule is CCN(CC)C(=O)C(C)Nc1ncccc1F. The minimum absolute atomic E-state index is 0.0555. The molecule has 0 aromatic carbocycles. The van der Waals surface area contributed by atoms with Crippen molar-refractivity contribution in [3.05, 3.63) is 24.1 Å². The van der Waals surface area contributed by atoms with Crippen LogP contribution in [-0.4, -0.2) is 34.9 Å². The molecular weight excluding hydrogens is 221 g/mol. The van der Waals surface area contributed by atoms with Crippen molar-refractivity contribution >= 4 is 11.7 Å². The number of amides is 1. The molecule has 0 aliphatic heterocycles. The third-order valence-corrected chi connectivity index (χ3v) is 2.56. The van der Waals surface area contributed by atoms with E-state index in [1.165, 1.54) is 18.3 Å². The molecule has 4 nitrogen and oxygen atoms in total. The maximum Gasteiger partial charge on any atom is 0.244 e. The van der Waals surface area contributed by atoms with E-state index in [0.29, 0.717) is 13.1 Å². The first-order chi connectivity index (χ1) is 8.10. The van der Waals surface area contributed by atoms with Crippen molar-refractivity contribution in [3.8, 4) is 0 Å². The number of pyridine rings is 1. The van der Waals surface area contributed by atoms with E-state index in [1.54, 1.807) is 11.8 Å². The number of hydrogen-bond donors (Lipinski definition) is 1. The molecule has 0 aliphatic rings. The van der Waals surface area contributed by atoms with Crippen molar-refractivity contribution in [3.63, 3.8) is 0 Å². The van der Waals surface area contributed by atoms with Crippen molar-refractivity contribution in [2.24, 2.45) is 0 Å². The van der Waals surface area contributed by atoms with E-state index >= 15 is 0 Å². The average Bonchev–Trinajstić information content (AvgIpc) is 2.33. The van der Waals surface area contributed by atoms with Gasteiger partial charge in [0.2, 0.25) is 5.91 Å². The lowest BCUT2D eigenvalue weighted by Crippen LogP contribution is -2.41. The van der Waals surface area contributed by atoms with Crippen LogP contribution in [0.2, 0.25) is 0 Å². The number of likely N-dealkylation sites (N-methyl/N-ethyl adjacent to an activating group) is 1. The lowest BCUT2D eigenvalue weighted by atomic mass is 10.2. The molecule has 1 unspecified atom stereocenters. The first-order valence-corrected chi connectivity index (χ1v) is 5.76. The molecule has 1 rings (SSSR count). The Labute approximate surface area is 101 Å². The normalized spacial score (nSPS) is 12.0. The number of nitrogens with one attached hydrogen (secondary N) is 1.